The van der Waals surface area contributed by atoms with Gasteiger partial charge in [-0.2, -0.15) is 0 Å². The number of aliphatic hydroxyl groups excluding tert-OH is 2. The number of aromatic nitrogens is 1. The molecule has 3 unspecified atom stereocenters. The molecule has 26 heteroatoms. The lowest BCUT2D eigenvalue weighted by molar-refractivity contribution is -0.155. The SMILES string of the molecule is CC[C@H](C)[C@@H]1NC(=O)CNC(=O)C2CC(=O)[C@H]([C@@H](C)[C@@H](O)COC(=O)CCCCCCC(=O)OC(C)(C)C)NC(=O)[C@@H]3CC(O)CN3C(=O)[C@H](CC(N)=O)CC(=O)C(C[S@@](=O)c3[nH]c4cc(O)ccc4c3C2)NC(=O)CNC1=O. The average Bonchev–Trinajstić information content (AvgIpc) is 3.98. The van der Waals surface area contributed by atoms with E-state index in [9.17, 15) is 67.5 Å². The van der Waals surface area contributed by atoms with E-state index in [0.29, 0.717) is 37.5 Å². The van der Waals surface area contributed by atoms with Crippen LogP contribution < -0.4 is 32.3 Å². The number of aromatic hydroxyl groups is 1. The fourth-order valence-electron chi connectivity index (χ4n) is 9.78. The minimum absolute atomic E-state index is 0.0569. The molecule has 1 saturated heterocycles. The molecule has 11 atom stereocenters. The van der Waals surface area contributed by atoms with E-state index in [1.54, 1.807) is 34.6 Å². The van der Waals surface area contributed by atoms with Crippen molar-refractivity contribution in [1.29, 1.82) is 0 Å². The molecule has 3 aliphatic rings. The highest BCUT2D eigenvalue weighted by atomic mass is 32.2. The molecule has 4 heterocycles. The quantitative estimate of drug-likeness (QED) is 0.0793. The lowest BCUT2D eigenvalue weighted by Gasteiger charge is -2.32. The normalized spacial score (nSPS) is 25.6. The minimum atomic E-state index is -2.36. The molecule has 25 nitrogen and oxygen atoms in total. The van der Waals surface area contributed by atoms with Crippen molar-refractivity contribution in [3.8, 4) is 5.75 Å². The number of unbranched alkanes of at least 4 members (excludes halogenated alkanes) is 3. The van der Waals surface area contributed by atoms with Crippen molar-refractivity contribution in [3.63, 3.8) is 0 Å². The fraction of sp³-hybridized carbons (Fsp3) is 0.642. The van der Waals surface area contributed by atoms with Crippen molar-refractivity contribution in [2.24, 2.45) is 29.4 Å². The fourth-order valence-corrected chi connectivity index (χ4v) is 11.2. The van der Waals surface area contributed by atoms with E-state index in [1.165, 1.54) is 25.1 Å². The number of nitrogens with two attached hydrogens (primary N) is 1. The number of carbonyl (C=O) groups is 11. The van der Waals surface area contributed by atoms with Crippen LogP contribution >= 0.6 is 0 Å². The number of fused-ring (bicyclic) bond motifs is 5. The molecule has 1 fully saturated rings. The summed E-state index contributed by atoms with van der Waals surface area (Å²) >= 11 is 0. The topological polar surface area (TPSA) is 389 Å². The molecule has 1 aromatic heterocycles. The number of carbonyl (C=O) groups excluding carboxylic acids is 11. The first-order valence-corrected chi connectivity index (χ1v) is 28.0. The molecule has 1 aromatic carbocycles. The van der Waals surface area contributed by atoms with Gasteiger partial charge in [0, 0.05) is 68.4 Å². The summed E-state index contributed by atoms with van der Waals surface area (Å²) in [6, 6.07) is -2.23. The van der Waals surface area contributed by atoms with E-state index >= 15 is 4.79 Å². The number of amides is 7. The van der Waals surface area contributed by atoms with Gasteiger partial charge in [-0.05, 0) is 63.6 Å². The minimum Gasteiger partial charge on any atom is -0.508 e. The molecule has 0 aliphatic carbocycles. The lowest BCUT2D eigenvalue weighted by Crippen LogP contribution is -2.56. The first-order chi connectivity index (χ1) is 37.1. The van der Waals surface area contributed by atoms with Crippen molar-refractivity contribution in [2.75, 3.05) is 32.0 Å². The van der Waals surface area contributed by atoms with Gasteiger partial charge in [0.05, 0.1) is 65.4 Å². The van der Waals surface area contributed by atoms with Gasteiger partial charge in [-0.3, -0.25) is 56.9 Å². The van der Waals surface area contributed by atoms with Gasteiger partial charge in [-0.25, -0.2) is 0 Å². The van der Waals surface area contributed by atoms with Crippen molar-refractivity contribution >= 4 is 86.6 Å². The molecule has 2 aromatic rings. The zero-order valence-corrected chi connectivity index (χ0v) is 46.3. The van der Waals surface area contributed by atoms with Crippen molar-refractivity contribution in [2.45, 2.75) is 166 Å². The summed E-state index contributed by atoms with van der Waals surface area (Å²) in [5.74, 6) is -15.4. The predicted octanol–water partition coefficient (Wildman–Crippen LogP) is -0.506. The summed E-state index contributed by atoms with van der Waals surface area (Å²) in [7, 11) is -2.36. The first-order valence-electron chi connectivity index (χ1n) is 26.7. The van der Waals surface area contributed by atoms with Crippen LogP contribution in [0.25, 0.3) is 10.9 Å². The summed E-state index contributed by atoms with van der Waals surface area (Å²) in [5.41, 5.74) is 5.30. The van der Waals surface area contributed by atoms with Gasteiger partial charge in [0.2, 0.25) is 41.4 Å². The maximum atomic E-state index is 15.0. The Balaban J connectivity index is 1.57. The summed E-state index contributed by atoms with van der Waals surface area (Å²) in [4.78, 5) is 155. The maximum absolute atomic E-state index is 15.0. The summed E-state index contributed by atoms with van der Waals surface area (Å²) < 4.78 is 25.5. The molecule has 0 radical (unpaired) electrons. The monoisotopic (exact) mass is 1130 g/mol. The molecule has 0 spiro atoms. The Morgan fingerprint density at radius 1 is 0.835 bits per heavy atom. The highest BCUT2D eigenvalue weighted by molar-refractivity contribution is 7.85. The van der Waals surface area contributed by atoms with Gasteiger partial charge in [0.25, 0.3) is 0 Å². The Bertz CT molecular complexity index is 2650. The van der Waals surface area contributed by atoms with Gasteiger partial charge in [0.1, 0.15) is 35.1 Å². The molecule has 7 amide bonds. The number of nitrogens with one attached hydrogen (secondary N) is 6. The maximum Gasteiger partial charge on any atom is 0.306 e. The van der Waals surface area contributed by atoms with Crippen LogP contribution in [0.4, 0.5) is 0 Å². The average molecular weight is 1130 g/mol. The molecule has 436 valence electrons. The Kier molecular flexibility index (Phi) is 22.6. The molecule has 11 N–H and O–H groups in total. The molecule has 79 heavy (non-hydrogen) atoms. The van der Waals surface area contributed by atoms with Crippen LogP contribution in [0.1, 0.15) is 118 Å². The number of phenols is 1. The largest absolute Gasteiger partial charge is 0.508 e. The van der Waals surface area contributed by atoms with Crippen LogP contribution in [0.3, 0.4) is 0 Å². The number of ether oxygens (including phenoxy) is 2. The van der Waals surface area contributed by atoms with Crippen LogP contribution in [0.2, 0.25) is 0 Å². The Hall–Kier alpha value is -6.80. The highest BCUT2D eigenvalue weighted by Gasteiger charge is 2.45. The van der Waals surface area contributed by atoms with Crippen LogP contribution in [0, 0.1) is 23.7 Å². The van der Waals surface area contributed by atoms with Gasteiger partial charge in [0.15, 0.2) is 11.6 Å². The number of hydrogen-bond donors (Lipinski definition) is 10. The Morgan fingerprint density at radius 3 is 2.13 bits per heavy atom. The van der Waals surface area contributed by atoms with Gasteiger partial charge < -0.3 is 67.0 Å². The lowest BCUT2D eigenvalue weighted by atomic mass is 9.85. The number of esters is 2. The van der Waals surface area contributed by atoms with E-state index in [0.717, 1.165) is 4.90 Å². The number of ketones is 2. The number of phenolic OH excluding ortho intramolecular Hbond substituents is 1. The summed E-state index contributed by atoms with van der Waals surface area (Å²) in [6.45, 7) is 7.42. The summed E-state index contributed by atoms with van der Waals surface area (Å²) in [5, 5.41) is 45.8. The molecule has 3 aliphatic heterocycles. The second kappa shape index (κ2) is 28.4. The third-order valence-corrected chi connectivity index (χ3v) is 15.7. The van der Waals surface area contributed by atoms with Crippen molar-refractivity contribution in [1.82, 2.24) is 36.5 Å². The van der Waals surface area contributed by atoms with Gasteiger partial charge in [-0.15, -0.1) is 0 Å². The third-order valence-electron chi connectivity index (χ3n) is 14.3. The molecular formula is C53H76N8O17S. The zero-order valence-electron chi connectivity index (χ0n) is 45.5. The first kappa shape index (κ1) is 63.0. The van der Waals surface area contributed by atoms with E-state index in [-0.39, 0.29) is 40.7 Å². The van der Waals surface area contributed by atoms with Crippen LogP contribution in [-0.2, 0) is 79.4 Å². The van der Waals surface area contributed by atoms with E-state index in [4.69, 9.17) is 15.2 Å². The summed E-state index contributed by atoms with van der Waals surface area (Å²) in [6.07, 6.45) is -3.62. The number of primary amides is 1. The number of benzene rings is 1. The zero-order chi connectivity index (χ0) is 58.5. The Labute approximate surface area is 459 Å². The van der Waals surface area contributed by atoms with Crippen LogP contribution in [-0.4, -0.2) is 168 Å². The third kappa shape index (κ3) is 18.1. The Morgan fingerprint density at radius 2 is 1.48 bits per heavy atom. The van der Waals surface area contributed by atoms with E-state index in [2.05, 4.69) is 31.6 Å². The number of aromatic amines is 1. The van der Waals surface area contributed by atoms with Crippen molar-refractivity contribution < 1.29 is 81.7 Å². The molecule has 0 saturated carbocycles. The second-order valence-electron chi connectivity index (χ2n) is 21.8. The highest BCUT2D eigenvalue weighted by Crippen LogP contribution is 2.33. The van der Waals surface area contributed by atoms with Crippen LogP contribution in [0.5, 0.6) is 5.75 Å². The molecule has 2 bridgehead atoms. The van der Waals surface area contributed by atoms with Crippen molar-refractivity contribution in [3.05, 3.63) is 23.8 Å². The van der Waals surface area contributed by atoms with E-state index < -0.39 is 199 Å². The standard InChI is InChI=1S/C53H76N8O17S/c1-7-27(2)46-50(74)56-22-42(68)57-36-26-79(76)51-34(33-15-14-31(62)20-35(33)58-51)16-29(48(72)55-23-43(69)59-46)17-39(65)47(28(3)40(66)25-77-44(70)12-10-8-9-11-13-45(71)78-53(4,5)6)60-49(73)37-21-32(63)24-61(37)52(75)30(18-38(36)64)19-41(54)67/h14-15,20,27-30,32,36-37,40,46-47,58,62-63,66H,7-13,16-19,21-26H2,1-6H3,(H2,54,67)(H,55,72)(H,56,74)(H,57,68)(H,59,69)(H,60,73)/t27-,28-,29?,30-,32?,36?,37-,40-,46-,47-,79+/m0/s1. The molecule has 5 rings (SSSR count). The smallest absolute Gasteiger partial charge is 0.306 e. The number of rotatable bonds is 15. The second-order valence-corrected chi connectivity index (χ2v) is 23.2. The number of hydrogen-bond acceptors (Lipinski definition) is 17. The van der Waals surface area contributed by atoms with Gasteiger partial charge in [-0.1, -0.05) is 40.0 Å². The number of H-pyrrole nitrogens is 1. The van der Waals surface area contributed by atoms with Crippen LogP contribution in [0.15, 0.2) is 23.2 Å². The number of Topliss-reactive ketones (excluding diaryl/α,β-unsaturated/α-hetero) is 2. The molecular weight excluding hydrogens is 1050 g/mol. The van der Waals surface area contributed by atoms with Gasteiger partial charge >= 0.3 is 11.9 Å². The predicted molar refractivity (Wildman–Crippen MR) is 282 cm³/mol. The van der Waals surface area contributed by atoms with E-state index in [1.807, 2.05) is 0 Å². The number of aliphatic hydroxyl groups is 2. The number of nitrogens with zero attached hydrogens (tertiary/aromatic N) is 1.